The summed E-state index contributed by atoms with van der Waals surface area (Å²) >= 11 is 3.32. The number of nitrogens with one attached hydrogen (secondary N) is 1. The molecule has 0 amide bonds. The van der Waals surface area contributed by atoms with Gasteiger partial charge >= 0.3 is 0 Å². The Morgan fingerprint density at radius 2 is 2.04 bits per heavy atom. The molecule has 25 heavy (non-hydrogen) atoms. The van der Waals surface area contributed by atoms with Gasteiger partial charge in [-0.1, -0.05) is 30.3 Å². The van der Waals surface area contributed by atoms with Crippen LogP contribution in [0.3, 0.4) is 0 Å². The van der Waals surface area contributed by atoms with Crippen molar-refractivity contribution in [2.75, 3.05) is 0 Å². The number of aryl methyl sites for hydroxylation is 1. The van der Waals surface area contributed by atoms with Gasteiger partial charge in [0.05, 0.1) is 16.1 Å². The molecule has 4 aromatic heterocycles. The first-order chi connectivity index (χ1) is 12.3. The largest absolute Gasteiger partial charge is 0.258 e. The van der Waals surface area contributed by atoms with Crippen LogP contribution < -0.4 is 0 Å². The van der Waals surface area contributed by atoms with Gasteiger partial charge in [-0.25, -0.2) is 14.5 Å². The second kappa shape index (κ2) is 5.61. The summed E-state index contributed by atoms with van der Waals surface area (Å²) in [6, 6.07) is 10.2. The van der Waals surface area contributed by atoms with Crippen molar-refractivity contribution < 1.29 is 0 Å². The van der Waals surface area contributed by atoms with Crippen LogP contribution in [0.15, 0.2) is 48.2 Å². The minimum absolute atomic E-state index is 0.675. The monoisotopic (exact) mass is 364 g/mol. The molecule has 5 aromatic rings. The summed E-state index contributed by atoms with van der Waals surface area (Å²) in [4.78, 5) is 11.4. The SMILES string of the molecule is Cc1nn2ccsc2c1-c1nc(-c2ncn[nH]2)c(-c2ccccc2)s1. The van der Waals surface area contributed by atoms with Crippen LogP contribution in [-0.2, 0) is 0 Å². The van der Waals surface area contributed by atoms with Crippen LogP contribution in [0, 0.1) is 6.92 Å². The first kappa shape index (κ1) is 14.5. The van der Waals surface area contributed by atoms with Crippen molar-refractivity contribution in [1.29, 1.82) is 0 Å². The highest BCUT2D eigenvalue weighted by Crippen LogP contribution is 2.42. The van der Waals surface area contributed by atoms with Gasteiger partial charge in [0, 0.05) is 11.6 Å². The molecule has 0 saturated heterocycles. The van der Waals surface area contributed by atoms with E-state index in [1.165, 1.54) is 6.33 Å². The molecule has 122 valence electrons. The molecule has 6 nitrogen and oxygen atoms in total. The van der Waals surface area contributed by atoms with Crippen LogP contribution in [0.5, 0.6) is 0 Å². The molecule has 0 aliphatic carbocycles. The molecule has 0 bridgehead atoms. The van der Waals surface area contributed by atoms with Crippen molar-refractivity contribution in [3.8, 4) is 32.5 Å². The number of aromatic nitrogens is 6. The second-order valence-electron chi connectivity index (χ2n) is 5.51. The van der Waals surface area contributed by atoms with Crippen LogP contribution in [0.1, 0.15) is 5.69 Å². The molecule has 1 N–H and O–H groups in total. The van der Waals surface area contributed by atoms with Gasteiger partial charge in [-0.2, -0.15) is 10.2 Å². The molecule has 1 aromatic carbocycles. The van der Waals surface area contributed by atoms with Crippen LogP contribution in [0.2, 0.25) is 0 Å². The number of nitrogens with zero attached hydrogens (tertiary/aromatic N) is 5. The number of aromatic amines is 1. The van der Waals surface area contributed by atoms with E-state index >= 15 is 0 Å². The maximum Gasteiger partial charge on any atom is 0.175 e. The van der Waals surface area contributed by atoms with Crippen molar-refractivity contribution in [3.63, 3.8) is 0 Å². The third kappa shape index (κ3) is 2.30. The van der Waals surface area contributed by atoms with Gasteiger partial charge in [-0.15, -0.1) is 22.7 Å². The number of rotatable bonds is 3. The van der Waals surface area contributed by atoms with Crippen LogP contribution in [-0.4, -0.2) is 29.8 Å². The summed E-state index contributed by atoms with van der Waals surface area (Å²) in [7, 11) is 0. The fraction of sp³-hybridized carbons (Fsp3) is 0.0588. The maximum absolute atomic E-state index is 4.90. The smallest absolute Gasteiger partial charge is 0.175 e. The standard InChI is InChI=1S/C17H12N6S2/c1-10-12(17-23(22-10)7-8-24-17)16-20-13(15-18-9-19-21-15)14(25-16)11-5-3-2-4-6-11/h2-9H,1H3,(H,18,19,21). The Balaban J connectivity index is 1.77. The highest BCUT2D eigenvalue weighted by atomic mass is 32.1. The van der Waals surface area contributed by atoms with E-state index in [9.17, 15) is 0 Å². The lowest BCUT2D eigenvalue weighted by atomic mass is 10.1. The highest BCUT2D eigenvalue weighted by molar-refractivity contribution is 7.20. The van der Waals surface area contributed by atoms with Crippen molar-refractivity contribution in [1.82, 2.24) is 29.8 Å². The maximum atomic E-state index is 4.90. The molecule has 0 radical (unpaired) electrons. The minimum Gasteiger partial charge on any atom is -0.258 e. The van der Waals surface area contributed by atoms with E-state index in [1.807, 2.05) is 41.2 Å². The Bertz CT molecular complexity index is 1150. The molecule has 0 fully saturated rings. The quantitative estimate of drug-likeness (QED) is 0.519. The Hall–Kier alpha value is -2.84. The average Bonchev–Trinajstić information content (AvgIpc) is 3.39. The summed E-state index contributed by atoms with van der Waals surface area (Å²) in [5.41, 5.74) is 4.00. The number of hydrogen-bond donors (Lipinski definition) is 1. The summed E-state index contributed by atoms with van der Waals surface area (Å²) < 4.78 is 1.91. The predicted molar refractivity (Wildman–Crippen MR) is 99.7 cm³/mol. The minimum atomic E-state index is 0.675. The summed E-state index contributed by atoms with van der Waals surface area (Å²) in [6.45, 7) is 2.02. The molecule has 0 aliphatic rings. The van der Waals surface area contributed by atoms with Gasteiger partial charge in [0.1, 0.15) is 21.9 Å². The molecule has 0 saturated carbocycles. The fourth-order valence-electron chi connectivity index (χ4n) is 2.83. The zero-order valence-electron chi connectivity index (χ0n) is 13.2. The number of thiazole rings is 2. The Morgan fingerprint density at radius 1 is 1.16 bits per heavy atom. The van der Waals surface area contributed by atoms with E-state index in [-0.39, 0.29) is 0 Å². The van der Waals surface area contributed by atoms with Gasteiger partial charge < -0.3 is 0 Å². The first-order valence-electron chi connectivity index (χ1n) is 7.66. The third-order valence-corrected chi connectivity index (χ3v) is 5.93. The van der Waals surface area contributed by atoms with E-state index < -0.39 is 0 Å². The van der Waals surface area contributed by atoms with E-state index in [0.29, 0.717) is 5.82 Å². The first-order valence-corrected chi connectivity index (χ1v) is 9.35. The van der Waals surface area contributed by atoms with Crippen molar-refractivity contribution in [2.45, 2.75) is 6.92 Å². The van der Waals surface area contributed by atoms with Crippen LogP contribution in [0.25, 0.3) is 37.4 Å². The Labute approximate surface area is 150 Å². The van der Waals surface area contributed by atoms with E-state index in [0.717, 1.165) is 37.2 Å². The topological polar surface area (TPSA) is 71.8 Å². The van der Waals surface area contributed by atoms with Crippen LogP contribution >= 0.6 is 22.7 Å². The van der Waals surface area contributed by atoms with Gasteiger partial charge in [-0.05, 0) is 12.5 Å². The Kier molecular flexibility index (Phi) is 3.25. The third-order valence-electron chi connectivity index (χ3n) is 3.94. The molecular formula is C17H12N6S2. The number of H-pyrrole nitrogens is 1. The van der Waals surface area contributed by atoms with Gasteiger partial charge in [0.25, 0.3) is 0 Å². The zero-order chi connectivity index (χ0) is 16.8. The highest BCUT2D eigenvalue weighted by Gasteiger charge is 2.22. The zero-order valence-corrected chi connectivity index (χ0v) is 14.8. The average molecular weight is 364 g/mol. The normalized spacial score (nSPS) is 11.4. The molecule has 0 unspecified atom stereocenters. The van der Waals surface area contributed by atoms with Crippen LogP contribution in [0.4, 0.5) is 0 Å². The van der Waals surface area contributed by atoms with Gasteiger partial charge in [0.15, 0.2) is 5.82 Å². The summed E-state index contributed by atoms with van der Waals surface area (Å²) in [5.74, 6) is 0.675. The number of hydrogen-bond acceptors (Lipinski definition) is 6. The van der Waals surface area contributed by atoms with E-state index in [2.05, 4.69) is 32.4 Å². The summed E-state index contributed by atoms with van der Waals surface area (Å²) in [6.07, 6.45) is 3.48. The fourth-order valence-corrected chi connectivity index (χ4v) is 4.94. The Morgan fingerprint density at radius 3 is 2.84 bits per heavy atom. The molecule has 8 heteroatoms. The molecule has 4 heterocycles. The molecule has 0 aliphatic heterocycles. The lowest BCUT2D eigenvalue weighted by molar-refractivity contribution is 0.947. The lowest BCUT2D eigenvalue weighted by Gasteiger charge is -1.98. The number of fused-ring (bicyclic) bond motifs is 1. The predicted octanol–water partition coefficient (Wildman–Crippen LogP) is 4.28. The van der Waals surface area contributed by atoms with Crippen molar-refractivity contribution in [3.05, 3.63) is 53.9 Å². The second-order valence-corrected chi connectivity index (χ2v) is 7.40. The molecule has 0 atom stereocenters. The molecule has 0 spiro atoms. The number of benzene rings is 1. The van der Waals surface area contributed by atoms with E-state index in [1.54, 1.807) is 22.7 Å². The molecular weight excluding hydrogens is 352 g/mol. The lowest BCUT2D eigenvalue weighted by Crippen LogP contribution is -1.85. The van der Waals surface area contributed by atoms with Crippen molar-refractivity contribution in [2.24, 2.45) is 0 Å². The summed E-state index contributed by atoms with van der Waals surface area (Å²) in [5, 5.41) is 14.5. The van der Waals surface area contributed by atoms with Crippen molar-refractivity contribution >= 4 is 27.5 Å². The van der Waals surface area contributed by atoms with E-state index in [4.69, 9.17) is 4.98 Å². The van der Waals surface area contributed by atoms with Gasteiger partial charge in [0.2, 0.25) is 0 Å². The van der Waals surface area contributed by atoms with Gasteiger partial charge in [-0.3, -0.25) is 5.10 Å². The molecule has 5 rings (SSSR count).